The first-order valence-corrected chi connectivity index (χ1v) is 6.54. The Kier molecular flexibility index (Phi) is 6.02. The number of alkyl halides is 3. The van der Waals surface area contributed by atoms with Crippen molar-refractivity contribution in [2.75, 3.05) is 19.0 Å². The van der Waals surface area contributed by atoms with Gasteiger partial charge in [0.15, 0.2) is 0 Å². The van der Waals surface area contributed by atoms with E-state index in [-0.39, 0.29) is 17.4 Å². The van der Waals surface area contributed by atoms with Gasteiger partial charge in [-0.3, -0.25) is 5.32 Å². The lowest BCUT2D eigenvalue weighted by Gasteiger charge is -2.34. The van der Waals surface area contributed by atoms with Crippen molar-refractivity contribution in [2.24, 2.45) is 0 Å². The fraction of sp³-hybridized carbons (Fsp3) is 0.417. The summed E-state index contributed by atoms with van der Waals surface area (Å²) in [6.45, 7) is 1.20. The van der Waals surface area contributed by atoms with E-state index in [9.17, 15) is 22.8 Å². The molecule has 0 aliphatic carbocycles. The molecule has 1 aromatic rings. The molecule has 0 aliphatic heterocycles. The molecule has 0 unspecified atom stereocenters. The number of pyridine rings is 1. The first-order valence-electron chi connectivity index (χ1n) is 6.16. The van der Waals surface area contributed by atoms with Crippen molar-refractivity contribution in [1.29, 1.82) is 0 Å². The smallest absolute Gasteiger partial charge is 0.442 e. The highest BCUT2D eigenvalue weighted by atomic mass is 35.5. The third-order valence-electron chi connectivity index (χ3n) is 2.52. The van der Waals surface area contributed by atoms with Crippen LogP contribution in [0.5, 0.6) is 0 Å². The van der Waals surface area contributed by atoms with Crippen LogP contribution in [-0.4, -0.2) is 42.6 Å². The van der Waals surface area contributed by atoms with Gasteiger partial charge in [0.2, 0.25) is 0 Å². The number of halogens is 4. The van der Waals surface area contributed by atoms with Gasteiger partial charge in [-0.25, -0.2) is 14.6 Å². The van der Waals surface area contributed by atoms with Gasteiger partial charge >= 0.3 is 23.9 Å². The molecule has 0 saturated carbocycles. The normalized spacial score (nSPS) is 13.7. The molecule has 1 atom stereocenters. The van der Waals surface area contributed by atoms with E-state index >= 15 is 0 Å². The van der Waals surface area contributed by atoms with E-state index in [4.69, 9.17) is 11.6 Å². The van der Waals surface area contributed by atoms with Crippen LogP contribution in [0.25, 0.3) is 0 Å². The molecule has 128 valence electrons. The number of nitrogens with one attached hydrogen (secondary N) is 2. The number of anilines is 1. The Morgan fingerprint density at radius 1 is 1.35 bits per heavy atom. The maximum absolute atomic E-state index is 13.5. The van der Waals surface area contributed by atoms with Crippen LogP contribution in [0.1, 0.15) is 6.92 Å². The summed E-state index contributed by atoms with van der Waals surface area (Å²) in [5.41, 5.74) is -3.57. The lowest BCUT2D eigenvalue weighted by atomic mass is 10.1. The van der Waals surface area contributed by atoms with E-state index < -0.39 is 23.9 Å². The van der Waals surface area contributed by atoms with E-state index in [1.165, 1.54) is 18.3 Å². The second-order valence-corrected chi connectivity index (χ2v) is 4.51. The standard InChI is InChI=1S/C12H13ClF3N3O4/c1-3-23-10(21)19-11(9(20)22-2,12(14,15)16)18-8-5-4-7(13)6-17-8/h4-6H,3H2,1-2H3,(H,17,18)(H,19,21)/t11-/m0/s1. The molecule has 2 N–H and O–H groups in total. The minimum absolute atomic E-state index is 0.171. The van der Waals surface area contributed by atoms with E-state index in [0.717, 1.165) is 19.4 Å². The Hall–Kier alpha value is -2.23. The van der Waals surface area contributed by atoms with Gasteiger partial charge in [-0.05, 0) is 19.1 Å². The van der Waals surface area contributed by atoms with Crippen LogP contribution in [0.3, 0.4) is 0 Å². The maximum Gasteiger partial charge on any atom is 0.442 e. The highest BCUT2D eigenvalue weighted by Crippen LogP contribution is 2.32. The molecule has 0 aromatic carbocycles. The number of hydrogen-bond acceptors (Lipinski definition) is 6. The number of hydrogen-bond donors (Lipinski definition) is 2. The predicted octanol–water partition coefficient (Wildman–Crippen LogP) is 2.32. The number of methoxy groups -OCH3 is 1. The van der Waals surface area contributed by atoms with Crippen molar-refractivity contribution in [1.82, 2.24) is 10.3 Å². The summed E-state index contributed by atoms with van der Waals surface area (Å²) < 4.78 is 49.0. The van der Waals surface area contributed by atoms with Gasteiger partial charge in [-0.2, -0.15) is 13.2 Å². The third-order valence-corrected chi connectivity index (χ3v) is 2.75. The van der Waals surface area contributed by atoms with Gasteiger partial charge in [0, 0.05) is 6.20 Å². The Morgan fingerprint density at radius 2 is 2.00 bits per heavy atom. The van der Waals surface area contributed by atoms with E-state index in [2.05, 4.69) is 14.5 Å². The fourth-order valence-electron chi connectivity index (χ4n) is 1.51. The van der Waals surface area contributed by atoms with E-state index in [1.54, 1.807) is 0 Å². The van der Waals surface area contributed by atoms with Crippen molar-refractivity contribution in [3.63, 3.8) is 0 Å². The number of amides is 1. The molecule has 0 spiro atoms. The number of rotatable bonds is 5. The molecule has 0 bridgehead atoms. The number of aromatic nitrogens is 1. The van der Waals surface area contributed by atoms with E-state index in [0.29, 0.717) is 0 Å². The second-order valence-electron chi connectivity index (χ2n) is 4.07. The molecule has 1 rings (SSSR count). The SMILES string of the molecule is CCOC(=O)N[C@@](Nc1ccc(Cl)cn1)(C(=O)OC)C(F)(F)F. The van der Waals surface area contributed by atoms with Crippen LogP contribution in [0.2, 0.25) is 5.02 Å². The van der Waals surface area contributed by atoms with Gasteiger partial charge in [-0.1, -0.05) is 11.6 Å². The zero-order valence-electron chi connectivity index (χ0n) is 12.0. The highest BCUT2D eigenvalue weighted by molar-refractivity contribution is 6.30. The molecule has 0 fully saturated rings. The predicted molar refractivity (Wildman–Crippen MR) is 73.8 cm³/mol. The zero-order valence-corrected chi connectivity index (χ0v) is 12.8. The summed E-state index contributed by atoms with van der Waals surface area (Å²) in [6, 6.07) is 2.35. The molecule has 11 heteroatoms. The quantitative estimate of drug-likeness (QED) is 0.622. The average Bonchev–Trinajstić information content (AvgIpc) is 2.47. The average molecular weight is 356 g/mol. The van der Waals surface area contributed by atoms with Crippen molar-refractivity contribution in [3.05, 3.63) is 23.4 Å². The summed E-state index contributed by atoms with van der Waals surface area (Å²) in [6.07, 6.45) is -5.66. The number of alkyl carbamates (subject to hydrolysis) is 1. The van der Waals surface area contributed by atoms with Gasteiger partial charge in [-0.15, -0.1) is 0 Å². The van der Waals surface area contributed by atoms with Crippen LogP contribution in [0.4, 0.5) is 23.8 Å². The number of carbonyl (C=O) groups is 2. The molecule has 1 heterocycles. The van der Waals surface area contributed by atoms with Gasteiger partial charge in [0.25, 0.3) is 0 Å². The number of esters is 1. The van der Waals surface area contributed by atoms with Gasteiger partial charge in [0.05, 0.1) is 18.7 Å². The molecular formula is C12H13ClF3N3O4. The van der Waals surface area contributed by atoms with Crippen LogP contribution in [0.15, 0.2) is 18.3 Å². The van der Waals surface area contributed by atoms with Gasteiger partial charge in [0.1, 0.15) is 5.82 Å². The maximum atomic E-state index is 13.5. The fourth-order valence-corrected chi connectivity index (χ4v) is 1.62. The largest absolute Gasteiger partial charge is 0.466 e. The molecule has 0 aliphatic rings. The van der Waals surface area contributed by atoms with Crippen molar-refractivity contribution >= 4 is 29.5 Å². The number of ether oxygens (including phenoxy) is 2. The molecule has 7 nitrogen and oxygen atoms in total. The molecular weight excluding hydrogens is 343 g/mol. The van der Waals surface area contributed by atoms with Crippen LogP contribution >= 0.6 is 11.6 Å². The lowest BCUT2D eigenvalue weighted by molar-refractivity contribution is -0.203. The highest BCUT2D eigenvalue weighted by Gasteiger charge is 2.64. The zero-order chi connectivity index (χ0) is 17.7. The van der Waals surface area contributed by atoms with Crippen molar-refractivity contribution < 1.29 is 32.2 Å². The lowest BCUT2D eigenvalue weighted by Crippen LogP contribution is -2.69. The monoisotopic (exact) mass is 355 g/mol. The van der Waals surface area contributed by atoms with Gasteiger partial charge < -0.3 is 14.8 Å². The first-order chi connectivity index (χ1) is 10.7. The first kappa shape index (κ1) is 18.8. The van der Waals surface area contributed by atoms with E-state index in [1.807, 2.05) is 5.32 Å². The number of nitrogens with zero attached hydrogens (tertiary/aromatic N) is 1. The molecule has 1 amide bonds. The summed E-state index contributed by atoms with van der Waals surface area (Å²) >= 11 is 5.59. The Balaban J connectivity index is 3.28. The van der Waals surface area contributed by atoms with Crippen LogP contribution in [0, 0.1) is 0 Å². The summed E-state index contributed by atoms with van der Waals surface area (Å²) in [5, 5.41) is 3.43. The Morgan fingerprint density at radius 3 is 2.43 bits per heavy atom. The van der Waals surface area contributed by atoms with Crippen LogP contribution in [-0.2, 0) is 14.3 Å². The topological polar surface area (TPSA) is 89.5 Å². The minimum Gasteiger partial charge on any atom is -0.466 e. The Bertz CT molecular complexity index is 568. The summed E-state index contributed by atoms with van der Waals surface area (Å²) in [7, 11) is 0.743. The molecule has 23 heavy (non-hydrogen) atoms. The minimum atomic E-state index is -5.26. The van der Waals surface area contributed by atoms with Crippen LogP contribution < -0.4 is 10.6 Å². The van der Waals surface area contributed by atoms with Crippen molar-refractivity contribution in [2.45, 2.75) is 18.8 Å². The molecule has 0 radical (unpaired) electrons. The summed E-state index contributed by atoms with van der Waals surface area (Å²) in [5.74, 6) is -2.16. The Labute approximate surface area is 134 Å². The summed E-state index contributed by atoms with van der Waals surface area (Å²) in [4.78, 5) is 26.8. The molecule has 1 aromatic heterocycles. The molecule has 0 saturated heterocycles. The third kappa shape index (κ3) is 4.38. The number of carbonyl (C=O) groups excluding carboxylic acids is 2. The second kappa shape index (κ2) is 7.36. The van der Waals surface area contributed by atoms with Crippen molar-refractivity contribution in [3.8, 4) is 0 Å².